The van der Waals surface area contributed by atoms with E-state index < -0.39 is 12.5 Å². The number of nitrogens with one attached hydrogen (secondary N) is 1. The van der Waals surface area contributed by atoms with Gasteiger partial charge in [-0.05, 0) is 76.5 Å². The Kier molecular flexibility index (Phi) is 8.13. The quantitative estimate of drug-likeness (QED) is 0.241. The predicted octanol–water partition coefficient (Wildman–Crippen LogP) is 6.40. The molecule has 0 aliphatic carbocycles. The van der Waals surface area contributed by atoms with Crippen LogP contribution in [-0.4, -0.2) is 53.6 Å². The smallest absolute Gasteiger partial charge is 0.387 e. The number of primary amides is 1. The maximum atomic E-state index is 13.2. The van der Waals surface area contributed by atoms with Crippen LogP contribution >= 0.6 is 11.3 Å². The lowest BCUT2D eigenvalue weighted by Crippen LogP contribution is -2.29. The molecule has 1 fully saturated rings. The van der Waals surface area contributed by atoms with E-state index in [1.807, 2.05) is 19.9 Å². The Balaban J connectivity index is 1.54. The molecule has 1 saturated heterocycles. The molecule has 0 spiro atoms. The number of carbonyl (C=O) groups excluding carboxylic acids is 1. The van der Waals surface area contributed by atoms with Crippen molar-refractivity contribution in [1.29, 1.82) is 0 Å². The molecule has 0 saturated carbocycles. The standard InChI is InChI=1S/C29H31F2N5O3S/c1-16(2)38-22-14-18(17-10-12-36(3)13-11-17)8-9-20(22)34-29-33-15-23-25(35-29)24(26(40-23)27(32)37)19-6-4-5-7-21(19)39-28(30)31/h4-9,14-17,28H,10-13H2,1-3H3,(H2,32,37)(H,33,34,35). The number of para-hydroxylation sites is 1. The fraction of sp³-hybridized carbons (Fsp3) is 0.345. The van der Waals surface area contributed by atoms with E-state index in [4.69, 9.17) is 15.2 Å². The number of hydrogen-bond donors (Lipinski definition) is 2. The van der Waals surface area contributed by atoms with Crippen LogP contribution in [-0.2, 0) is 0 Å². The Morgan fingerprint density at radius 1 is 1.12 bits per heavy atom. The summed E-state index contributed by atoms with van der Waals surface area (Å²) in [5, 5.41) is 3.25. The average Bonchev–Trinajstić information content (AvgIpc) is 3.29. The molecule has 3 N–H and O–H groups in total. The number of thiophene rings is 1. The summed E-state index contributed by atoms with van der Waals surface area (Å²) < 4.78 is 37.8. The molecule has 2 aromatic heterocycles. The SMILES string of the molecule is CC(C)Oc1cc(C2CCN(C)CC2)ccc1Nc1ncc2sc(C(N)=O)c(-c3ccccc3OC(F)F)c2n1. The summed E-state index contributed by atoms with van der Waals surface area (Å²) in [7, 11) is 2.14. The highest BCUT2D eigenvalue weighted by Gasteiger charge is 2.24. The van der Waals surface area contributed by atoms with Crippen LogP contribution in [0.1, 0.15) is 47.8 Å². The normalized spacial score (nSPS) is 14.7. The number of aromatic nitrogens is 2. The Labute approximate surface area is 235 Å². The number of amides is 1. The number of ether oxygens (including phenoxy) is 2. The number of likely N-dealkylation sites (tertiary alicyclic amines) is 1. The first-order chi connectivity index (χ1) is 19.2. The van der Waals surface area contributed by atoms with Crippen LogP contribution in [0, 0.1) is 0 Å². The molecule has 1 aliphatic heterocycles. The van der Waals surface area contributed by atoms with Gasteiger partial charge in [0.1, 0.15) is 16.4 Å². The molecule has 4 aromatic rings. The van der Waals surface area contributed by atoms with Crippen molar-refractivity contribution in [1.82, 2.24) is 14.9 Å². The van der Waals surface area contributed by atoms with Gasteiger partial charge in [-0.3, -0.25) is 4.79 Å². The van der Waals surface area contributed by atoms with Crippen LogP contribution in [0.2, 0.25) is 0 Å². The summed E-state index contributed by atoms with van der Waals surface area (Å²) in [6.45, 7) is 3.01. The molecule has 8 nitrogen and oxygen atoms in total. The van der Waals surface area contributed by atoms with Crippen molar-refractivity contribution in [2.45, 2.75) is 45.3 Å². The van der Waals surface area contributed by atoms with Gasteiger partial charge in [0.15, 0.2) is 0 Å². The van der Waals surface area contributed by atoms with E-state index in [1.165, 1.54) is 11.6 Å². The van der Waals surface area contributed by atoms with E-state index in [1.54, 1.807) is 24.4 Å². The minimum Gasteiger partial charge on any atom is -0.489 e. The van der Waals surface area contributed by atoms with E-state index in [-0.39, 0.29) is 22.7 Å². The lowest BCUT2D eigenvalue weighted by Gasteiger charge is -2.29. The van der Waals surface area contributed by atoms with E-state index in [0.717, 1.165) is 37.3 Å². The van der Waals surface area contributed by atoms with Gasteiger partial charge in [0, 0.05) is 11.1 Å². The maximum Gasteiger partial charge on any atom is 0.387 e. The van der Waals surface area contributed by atoms with Crippen molar-refractivity contribution >= 4 is 39.1 Å². The number of anilines is 2. The third kappa shape index (κ3) is 6.00. The summed E-state index contributed by atoms with van der Waals surface area (Å²) in [5.41, 5.74) is 8.61. The van der Waals surface area contributed by atoms with Gasteiger partial charge in [0.05, 0.1) is 28.2 Å². The fourth-order valence-electron chi connectivity index (χ4n) is 4.96. The molecule has 3 heterocycles. The highest BCUT2D eigenvalue weighted by atomic mass is 32.1. The topological polar surface area (TPSA) is 103 Å². The van der Waals surface area contributed by atoms with Crippen molar-refractivity contribution in [3.8, 4) is 22.6 Å². The highest BCUT2D eigenvalue weighted by Crippen LogP contribution is 2.42. The second-order valence-corrected chi connectivity index (χ2v) is 11.1. The van der Waals surface area contributed by atoms with Gasteiger partial charge in [-0.15, -0.1) is 11.3 Å². The lowest BCUT2D eigenvalue weighted by atomic mass is 9.89. The van der Waals surface area contributed by atoms with Crippen molar-refractivity contribution in [2.24, 2.45) is 5.73 Å². The van der Waals surface area contributed by atoms with E-state index in [0.29, 0.717) is 38.7 Å². The second kappa shape index (κ2) is 11.7. The van der Waals surface area contributed by atoms with E-state index in [9.17, 15) is 13.6 Å². The van der Waals surface area contributed by atoms with Crippen molar-refractivity contribution in [2.75, 3.05) is 25.5 Å². The summed E-state index contributed by atoms with van der Waals surface area (Å²) in [5.74, 6) is 0.634. The number of hydrogen-bond acceptors (Lipinski definition) is 8. The summed E-state index contributed by atoms with van der Waals surface area (Å²) >= 11 is 1.10. The molecular weight excluding hydrogens is 536 g/mol. The number of halogens is 2. The van der Waals surface area contributed by atoms with Crippen LogP contribution in [0.3, 0.4) is 0 Å². The summed E-state index contributed by atoms with van der Waals surface area (Å²) in [4.78, 5) is 24.0. The van der Waals surface area contributed by atoms with E-state index in [2.05, 4.69) is 39.4 Å². The first-order valence-corrected chi connectivity index (χ1v) is 13.9. The van der Waals surface area contributed by atoms with Crippen LogP contribution in [0.15, 0.2) is 48.7 Å². The Morgan fingerprint density at radius 2 is 1.88 bits per heavy atom. The zero-order chi connectivity index (χ0) is 28.4. The van der Waals surface area contributed by atoms with Crippen LogP contribution < -0.4 is 20.5 Å². The third-order valence-electron chi connectivity index (χ3n) is 6.83. The number of fused-ring (bicyclic) bond motifs is 1. The van der Waals surface area contributed by atoms with Gasteiger partial charge < -0.3 is 25.4 Å². The molecule has 11 heteroatoms. The molecule has 5 rings (SSSR count). The molecule has 0 unspecified atom stereocenters. The number of benzene rings is 2. The van der Waals surface area contributed by atoms with Gasteiger partial charge in [0.25, 0.3) is 5.91 Å². The highest BCUT2D eigenvalue weighted by molar-refractivity contribution is 7.21. The van der Waals surface area contributed by atoms with Gasteiger partial charge in [-0.1, -0.05) is 24.3 Å². The van der Waals surface area contributed by atoms with Crippen LogP contribution in [0.5, 0.6) is 11.5 Å². The lowest BCUT2D eigenvalue weighted by molar-refractivity contribution is -0.0494. The zero-order valence-electron chi connectivity index (χ0n) is 22.5. The number of piperidine rings is 1. The van der Waals surface area contributed by atoms with Crippen molar-refractivity contribution in [3.63, 3.8) is 0 Å². The fourth-order valence-corrected chi connectivity index (χ4v) is 5.94. The number of carbonyl (C=O) groups is 1. The molecule has 2 aromatic carbocycles. The second-order valence-electron chi connectivity index (χ2n) is 10.1. The summed E-state index contributed by atoms with van der Waals surface area (Å²) in [6, 6.07) is 12.4. The molecule has 210 valence electrons. The molecule has 0 radical (unpaired) electrons. The minimum atomic E-state index is -3.04. The third-order valence-corrected chi connectivity index (χ3v) is 7.96. The molecular formula is C29H31F2N5O3S. The zero-order valence-corrected chi connectivity index (χ0v) is 23.3. The van der Waals surface area contributed by atoms with Gasteiger partial charge >= 0.3 is 6.61 Å². The summed E-state index contributed by atoms with van der Waals surface area (Å²) in [6.07, 6.45) is 3.70. The molecule has 0 atom stereocenters. The van der Waals surface area contributed by atoms with Crippen LogP contribution in [0.25, 0.3) is 21.3 Å². The van der Waals surface area contributed by atoms with E-state index >= 15 is 0 Å². The van der Waals surface area contributed by atoms with Gasteiger partial charge in [-0.2, -0.15) is 8.78 Å². The first kappa shape index (κ1) is 27.7. The van der Waals surface area contributed by atoms with Gasteiger partial charge in [-0.25, -0.2) is 9.97 Å². The maximum absolute atomic E-state index is 13.2. The largest absolute Gasteiger partial charge is 0.489 e. The number of alkyl halides is 2. The molecule has 40 heavy (non-hydrogen) atoms. The number of nitrogens with zero attached hydrogens (tertiary/aromatic N) is 3. The Hall–Kier alpha value is -3.83. The predicted molar refractivity (Wildman–Crippen MR) is 153 cm³/mol. The van der Waals surface area contributed by atoms with Crippen molar-refractivity contribution < 1.29 is 23.0 Å². The molecule has 1 amide bonds. The van der Waals surface area contributed by atoms with Crippen molar-refractivity contribution in [3.05, 3.63) is 59.1 Å². The average molecular weight is 568 g/mol. The van der Waals surface area contributed by atoms with Crippen LogP contribution in [0.4, 0.5) is 20.4 Å². The monoisotopic (exact) mass is 567 g/mol. The Morgan fingerprint density at radius 3 is 2.58 bits per heavy atom. The minimum absolute atomic E-state index is 0.0513. The first-order valence-electron chi connectivity index (χ1n) is 13.1. The molecule has 0 bridgehead atoms. The number of rotatable bonds is 9. The van der Waals surface area contributed by atoms with Gasteiger partial charge in [0.2, 0.25) is 5.95 Å². The molecule has 1 aliphatic rings. The Bertz CT molecular complexity index is 1520. The number of nitrogens with two attached hydrogens (primary N) is 1.